The van der Waals surface area contributed by atoms with Crippen LogP contribution in [0.2, 0.25) is 0 Å². The largest absolute Gasteiger partial charge is 0.486 e. The van der Waals surface area contributed by atoms with Gasteiger partial charge in [0.15, 0.2) is 11.5 Å². The lowest BCUT2D eigenvalue weighted by molar-refractivity contribution is -0.122. The Balaban J connectivity index is 1.92. The monoisotopic (exact) mass is 318 g/mol. The molecule has 1 aliphatic heterocycles. The van der Waals surface area contributed by atoms with Crippen LogP contribution in [0.25, 0.3) is 10.9 Å². The molecule has 1 aromatic carbocycles. The molecule has 0 aliphatic carbocycles. The minimum atomic E-state index is -0.383. The lowest BCUT2D eigenvalue weighted by Crippen LogP contribution is -2.38. The maximum absolute atomic E-state index is 12.5. The summed E-state index contributed by atoms with van der Waals surface area (Å²) >= 11 is 0. The molecule has 1 amide bonds. The first kappa shape index (κ1) is 15.3. The Bertz CT molecular complexity index is 802. The molecule has 3 rings (SSSR count). The molecule has 1 atom stereocenters. The minimum Gasteiger partial charge on any atom is -0.486 e. The van der Waals surface area contributed by atoms with Crippen molar-refractivity contribution in [3.8, 4) is 11.5 Å². The predicted octanol–water partition coefficient (Wildman–Crippen LogP) is 0.477. The predicted molar refractivity (Wildman–Crippen MR) is 82.7 cm³/mol. The summed E-state index contributed by atoms with van der Waals surface area (Å²) in [6, 6.07) is 3.26. The summed E-state index contributed by atoms with van der Waals surface area (Å²) in [6.45, 7) is 4.59. The SMILES string of the molecule is CCC(C)NC(=O)Cn1nnc2cc3c(cc2c1=O)OCCO3. The summed E-state index contributed by atoms with van der Waals surface area (Å²) in [7, 11) is 0. The van der Waals surface area contributed by atoms with Gasteiger partial charge in [-0.05, 0) is 19.4 Å². The summed E-state index contributed by atoms with van der Waals surface area (Å²) in [5, 5.41) is 11.0. The van der Waals surface area contributed by atoms with Crippen LogP contribution in [-0.2, 0) is 11.3 Å². The standard InChI is InChI=1S/C15H18N4O4/c1-3-9(2)16-14(20)8-19-15(21)10-6-12-13(23-5-4-22-12)7-11(10)17-18-19/h6-7,9H,3-5,8H2,1-2H3,(H,16,20). The molecule has 0 fully saturated rings. The number of aromatic nitrogens is 3. The second-order valence-corrected chi connectivity index (χ2v) is 5.44. The number of fused-ring (bicyclic) bond motifs is 2. The molecule has 0 saturated carbocycles. The van der Waals surface area contributed by atoms with E-state index in [-0.39, 0.29) is 24.1 Å². The third kappa shape index (κ3) is 3.10. The number of carbonyl (C=O) groups is 1. The smallest absolute Gasteiger partial charge is 0.278 e. The maximum atomic E-state index is 12.5. The van der Waals surface area contributed by atoms with Crippen molar-refractivity contribution >= 4 is 16.8 Å². The van der Waals surface area contributed by atoms with Gasteiger partial charge in [0.25, 0.3) is 5.56 Å². The molecule has 0 radical (unpaired) electrons. The van der Waals surface area contributed by atoms with E-state index in [0.29, 0.717) is 35.6 Å². The third-order valence-electron chi connectivity index (χ3n) is 3.70. The number of rotatable bonds is 4. The quantitative estimate of drug-likeness (QED) is 0.881. The van der Waals surface area contributed by atoms with E-state index < -0.39 is 0 Å². The molecule has 23 heavy (non-hydrogen) atoms. The molecule has 8 nitrogen and oxygen atoms in total. The number of nitrogens with zero attached hydrogens (tertiary/aromatic N) is 3. The molecule has 1 aromatic heterocycles. The Hall–Kier alpha value is -2.64. The van der Waals surface area contributed by atoms with E-state index in [9.17, 15) is 9.59 Å². The molecule has 0 bridgehead atoms. The topological polar surface area (TPSA) is 95.3 Å². The van der Waals surface area contributed by atoms with Gasteiger partial charge in [0.05, 0.1) is 5.39 Å². The van der Waals surface area contributed by atoms with Gasteiger partial charge in [-0.15, -0.1) is 5.10 Å². The molecule has 1 unspecified atom stereocenters. The highest BCUT2D eigenvalue weighted by Gasteiger charge is 2.17. The van der Waals surface area contributed by atoms with Gasteiger partial charge >= 0.3 is 0 Å². The average Bonchev–Trinajstić information content (AvgIpc) is 2.56. The van der Waals surface area contributed by atoms with Crippen LogP contribution in [-0.4, -0.2) is 40.2 Å². The van der Waals surface area contributed by atoms with E-state index in [0.717, 1.165) is 11.1 Å². The van der Waals surface area contributed by atoms with Gasteiger partial charge in [0, 0.05) is 12.1 Å². The van der Waals surface area contributed by atoms with Crippen LogP contribution in [0.3, 0.4) is 0 Å². The number of amides is 1. The summed E-state index contributed by atoms with van der Waals surface area (Å²) in [6.07, 6.45) is 0.813. The van der Waals surface area contributed by atoms with Crippen molar-refractivity contribution < 1.29 is 14.3 Å². The van der Waals surface area contributed by atoms with Crippen LogP contribution in [0.15, 0.2) is 16.9 Å². The number of benzene rings is 1. The van der Waals surface area contributed by atoms with Gasteiger partial charge in [0.2, 0.25) is 5.91 Å². The molecular weight excluding hydrogens is 300 g/mol. The van der Waals surface area contributed by atoms with Crippen molar-refractivity contribution in [1.29, 1.82) is 0 Å². The van der Waals surface area contributed by atoms with Crippen LogP contribution in [0, 0.1) is 0 Å². The number of ether oxygens (including phenoxy) is 2. The van der Waals surface area contributed by atoms with Crippen molar-refractivity contribution in [2.75, 3.05) is 13.2 Å². The lowest BCUT2D eigenvalue weighted by Gasteiger charge is -2.18. The molecule has 1 aliphatic rings. The van der Waals surface area contributed by atoms with Crippen molar-refractivity contribution in [3.05, 3.63) is 22.5 Å². The van der Waals surface area contributed by atoms with Crippen LogP contribution >= 0.6 is 0 Å². The van der Waals surface area contributed by atoms with E-state index in [4.69, 9.17) is 9.47 Å². The van der Waals surface area contributed by atoms with Crippen molar-refractivity contribution in [2.45, 2.75) is 32.9 Å². The molecule has 122 valence electrons. The lowest BCUT2D eigenvalue weighted by atomic mass is 10.2. The van der Waals surface area contributed by atoms with Crippen LogP contribution in [0.4, 0.5) is 0 Å². The summed E-state index contributed by atoms with van der Waals surface area (Å²) in [4.78, 5) is 24.4. The molecule has 8 heteroatoms. The Morgan fingerprint density at radius 3 is 2.74 bits per heavy atom. The van der Waals surface area contributed by atoms with Crippen molar-refractivity contribution in [3.63, 3.8) is 0 Å². The van der Waals surface area contributed by atoms with Gasteiger partial charge in [-0.25, -0.2) is 4.68 Å². The fraction of sp³-hybridized carbons (Fsp3) is 0.467. The first-order valence-corrected chi connectivity index (χ1v) is 7.55. The number of hydrogen-bond donors (Lipinski definition) is 1. The van der Waals surface area contributed by atoms with E-state index in [1.807, 2.05) is 13.8 Å². The molecule has 2 heterocycles. The van der Waals surface area contributed by atoms with Crippen LogP contribution < -0.4 is 20.3 Å². The molecule has 0 saturated heterocycles. The second kappa shape index (κ2) is 6.23. The van der Waals surface area contributed by atoms with E-state index in [1.165, 1.54) is 0 Å². The van der Waals surface area contributed by atoms with E-state index >= 15 is 0 Å². The molecular formula is C15H18N4O4. The molecule has 2 aromatic rings. The second-order valence-electron chi connectivity index (χ2n) is 5.44. The van der Waals surface area contributed by atoms with Gasteiger partial charge in [0.1, 0.15) is 25.3 Å². The first-order valence-electron chi connectivity index (χ1n) is 7.55. The summed E-state index contributed by atoms with van der Waals surface area (Å²) in [5.41, 5.74) is 0.0316. The first-order chi connectivity index (χ1) is 11.1. The Labute approximate surface area is 132 Å². The Morgan fingerprint density at radius 2 is 2.04 bits per heavy atom. The van der Waals surface area contributed by atoms with Gasteiger partial charge in [-0.1, -0.05) is 12.1 Å². The summed E-state index contributed by atoms with van der Waals surface area (Å²) < 4.78 is 12.0. The normalized spacial score (nSPS) is 14.5. The van der Waals surface area contributed by atoms with E-state index in [2.05, 4.69) is 15.6 Å². The maximum Gasteiger partial charge on any atom is 0.278 e. The fourth-order valence-corrected chi connectivity index (χ4v) is 2.28. The van der Waals surface area contributed by atoms with Gasteiger partial charge in [-0.2, -0.15) is 0 Å². The minimum absolute atomic E-state index is 0.0455. The van der Waals surface area contributed by atoms with Crippen molar-refractivity contribution in [2.24, 2.45) is 0 Å². The van der Waals surface area contributed by atoms with Crippen LogP contribution in [0.1, 0.15) is 20.3 Å². The number of hydrogen-bond acceptors (Lipinski definition) is 6. The number of carbonyl (C=O) groups excluding carboxylic acids is 1. The average molecular weight is 318 g/mol. The van der Waals surface area contributed by atoms with E-state index in [1.54, 1.807) is 12.1 Å². The fourth-order valence-electron chi connectivity index (χ4n) is 2.28. The zero-order valence-electron chi connectivity index (χ0n) is 13.0. The Morgan fingerprint density at radius 1 is 1.35 bits per heavy atom. The highest BCUT2D eigenvalue weighted by Crippen LogP contribution is 2.32. The highest BCUT2D eigenvalue weighted by molar-refractivity contribution is 5.82. The zero-order chi connectivity index (χ0) is 16.4. The highest BCUT2D eigenvalue weighted by atomic mass is 16.6. The molecule has 1 N–H and O–H groups in total. The Kier molecular flexibility index (Phi) is 4.14. The van der Waals surface area contributed by atoms with Crippen molar-refractivity contribution in [1.82, 2.24) is 20.3 Å². The number of nitrogens with one attached hydrogen (secondary N) is 1. The third-order valence-corrected chi connectivity index (χ3v) is 3.70. The molecule has 0 spiro atoms. The zero-order valence-corrected chi connectivity index (χ0v) is 13.0. The van der Waals surface area contributed by atoms with Gasteiger partial charge in [-0.3, -0.25) is 9.59 Å². The van der Waals surface area contributed by atoms with Crippen LogP contribution in [0.5, 0.6) is 11.5 Å². The summed E-state index contributed by atoms with van der Waals surface area (Å²) in [5.74, 6) is 0.779. The van der Waals surface area contributed by atoms with Gasteiger partial charge < -0.3 is 14.8 Å².